The van der Waals surface area contributed by atoms with Crippen LogP contribution in [-0.4, -0.2) is 27.2 Å². The second kappa shape index (κ2) is 12.7. The quantitative estimate of drug-likeness (QED) is 0.160. The van der Waals surface area contributed by atoms with Gasteiger partial charge in [-0.15, -0.1) is 0 Å². The average Bonchev–Trinajstić information content (AvgIpc) is 3.78. The minimum absolute atomic E-state index is 0.725. The number of hydrogen-bond acceptors (Lipinski definition) is 4. The first-order chi connectivity index (χ1) is 27.7. The van der Waals surface area contributed by atoms with Crippen molar-refractivity contribution in [1.82, 2.24) is 19.1 Å². The lowest BCUT2D eigenvalue weighted by atomic mass is 10.2. The number of nitrogens with zero attached hydrogens (tertiary/aromatic N) is 4. The van der Waals surface area contributed by atoms with Crippen LogP contribution in [0.4, 0.5) is 0 Å². The highest BCUT2D eigenvalue weighted by Gasteiger charge is 2.49. The molecule has 0 atom stereocenters. The Balaban J connectivity index is 1.10. The first-order valence-electron chi connectivity index (χ1n) is 18.8. The van der Waals surface area contributed by atoms with Crippen LogP contribution >= 0.6 is 0 Å². The number of hydrogen-bond donors (Lipinski definition) is 0. The third-order valence-corrected chi connectivity index (χ3v) is 16.0. The monoisotopic (exact) mass is 738 g/mol. The number of fused-ring (bicyclic) bond motifs is 7. The van der Waals surface area contributed by atoms with E-state index in [9.17, 15) is 0 Å². The topological polar surface area (TPSA) is 54.1 Å². The van der Waals surface area contributed by atoms with Gasteiger partial charge >= 0.3 is 0 Å². The number of para-hydroxylation sites is 4. The molecule has 3 aromatic heterocycles. The Labute approximate surface area is 324 Å². The first kappa shape index (κ1) is 32.2. The van der Waals surface area contributed by atoms with Crippen molar-refractivity contribution in [2.24, 2.45) is 7.05 Å². The minimum Gasteiger partial charge on any atom is -0.457 e. The third-order valence-electron chi connectivity index (χ3n) is 11.1. The van der Waals surface area contributed by atoms with Crippen molar-refractivity contribution in [1.29, 1.82) is 0 Å². The van der Waals surface area contributed by atoms with Crippen LogP contribution in [0.2, 0.25) is 0 Å². The van der Waals surface area contributed by atoms with Gasteiger partial charge in [-0.3, -0.25) is 4.57 Å². The summed E-state index contributed by atoms with van der Waals surface area (Å²) < 4.78 is 17.8. The van der Waals surface area contributed by atoms with Crippen molar-refractivity contribution in [3.05, 3.63) is 188 Å². The van der Waals surface area contributed by atoms with Crippen LogP contribution in [0.5, 0.6) is 23.0 Å². The summed E-state index contributed by atoms with van der Waals surface area (Å²) in [5.41, 5.74) is 5.93. The van der Waals surface area contributed by atoms with Gasteiger partial charge in [0.05, 0.1) is 28.4 Å². The van der Waals surface area contributed by atoms with Gasteiger partial charge in [-0.25, -0.2) is 9.97 Å². The normalized spacial score (nSPS) is 13.0. The zero-order valence-electron chi connectivity index (χ0n) is 30.5. The lowest BCUT2D eigenvalue weighted by molar-refractivity contribution is 0.482. The van der Waals surface area contributed by atoms with E-state index in [4.69, 9.17) is 19.4 Å². The van der Waals surface area contributed by atoms with E-state index in [1.54, 1.807) is 0 Å². The molecule has 0 N–H and O–H groups in total. The molecular formula is C49H34N4O2Si. The van der Waals surface area contributed by atoms with Crippen LogP contribution in [0.15, 0.2) is 188 Å². The van der Waals surface area contributed by atoms with Crippen LogP contribution in [0.25, 0.3) is 50.0 Å². The van der Waals surface area contributed by atoms with E-state index in [0.717, 1.165) is 73.0 Å². The molecule has 0 bridgehead atoms. The highest BCUT2D eigenvalue weighted by Crippen LogP contribution is 2.38. The molecule has 0 fully saturated rings. The summed E-state index contributed by atoms with van der Waals surface area (Å²) in [6.45, 7) is 0. The Morgan fingerprint density at radius 1 is 0.589 bits per heavy atom. The molecule has 0 saturated heterocycles. The van der Waals surface area contributed by atoms with E-state index in [0.29, 0.717) is 0 Å². The lowest BCUT2D eigenvalue weighted by Crippen LogP contribution is -2.76. The predicted molar refractivity (Wildman–Crippen MR) is 228 cm³/mol. The van der Waals surface area contributed by atoms with Gasteiger partial charge in [-0.1, -0.05) is 127 Å². The van der Waals surface area contributed by atoms with Gasteiger partial charge in [0.15, 0.2) is 8.07 Å². The number of ether oxygens (including phenoxy) is 2. The summed E-state index contributed by atoms with van der Waals surface area (Å²) in [5, 5.41) is 7.26. The number of pyridine rings is 1. The molecule has 0 spiro atoms. The SMILES string of the molecule is Cn1c(-c2cccc(Oc3cccc(-n4c5ccccc5c5c6c(cnc54)Oc4ccccc4[Si]6(c4ccccc4)c4ccccc4)c3)c2)nc2ccccc21. The summed E-state index contributed by atoms with van der Waals surface area (Å²) in [7, 11) is -0.915. The Morgan fingerprint density at radius 2 is 1.25 bits per heavy atom. The Bertz CT molecular complexity index is 3080. The fourth-order valence-electron chi connectivity index (χ4n) is 8.80. The highest BCUT2D eigenvalue weighted by atomic mass is 28.3. The smallest absolute Gasteiger partial charge is 0.189 e. The molecule has 0 saturated carbocycles. The van der Waals surface area contributed by atoms with Crippen molar-refractivity contribution < 1.29 is 9.47 Å². The molecule has 10 aromatic rings. The third kappa shape index (κ3) is 4.81. The zero-order chi connectivity index (χ0) is 37.2. The number of benzene rings is 7. The number of aromatic nitrogens is 4. The zero-order valence-corrected chi connectivity index (χ0v) is 31.5. The van der Waals surface area contributed by atoms with Crippen LogP contribution in [0, 0.1) is 0 Å². The molecule has 1 aliphatic heterocycles. The van der Waals surface area contributed by atoms with Gasteiger partial charge in [0.1, 0.15) is 34.5 Å². The molecule has 266 valence electrons. The maximum absolute atomic E-state index is 6.84. The van der Waals surface area contributed by atoms with E-state index in [-0.39, 0.29) is 0 Å². The Kier molecular flexibility index (Phi) is 7.30. The summed E-state index contributed by atoms with van der Waals surface area (Å²) in [6.07, 6.45) is 1.93. The van der Waals surface area contributed by atoms with Crippen LogP contribution in [-0.2, 0) is 7.05 Å². The van der Waals surface area contributed by atoms with Crippen molar-refractivity contribution >= 4 is 61.8 Å². The molecule has 7 heteroatoms. The lowest BCUT2D eigenvalue weighted by Gasteiger charge is -2.39. The maximum Gasteiger partial charge on any atom is 0.189 e. The fraction of sp³-hybridized carbons (Fsp3) is 0.0204. The number of imidazole rings is 1. The molecule has 0 unspecified atom stereocenters. The minimum atomic E-state index is -2.97. The molecule has 7 aromatic carbocycles. The number of aryl methyl sites for hydroxylation is 1. The van der Waals surface area contributed by atoms with E-state index in [1.165, 1.54) is 20.7 Å². The predicted octanol–water partition coefficient (Wildman–Crippen LogP) is 9.01. The van der Waals surface area contributed by atoms with Gasteiger partial charge in [-0.05, 0) is 64.1 Å². The van der Waals surface area contributed by atoms with Gasteiger partial charge < -0.3 is 14.0 Å². The summed E-state index contributed by atoms with van der Waals surface area (Å²) in [4.78, 5) is 10.1. The Morgan fingerprint density at radius 3 is 2.04 bits per heavy atom. The van der Waals surface area contributed by atoms with E-state index in [2.05, 4.69) is 156 Å². The van der Waals surface area contributed by atoms with Gasteiger partial charge in [-0.2, -0.15) is 0 Å². The molecule has 56 heavy (non-hydrogen) atoms. The number of rotatable bonds is 6. The van der Waals surface area contributed by atoms with Crippen LogP contribution < -0.4 is 30.2 Å². The Hall–Kier alpha value is -7.22. The maximum atomic E-state index is 6.84. The molecule has 4 heterocycles. The van der Waals surface area contributed by atoms with Crippen molar-refractivity contribution in [2.75, 3.05) is 0 Å². The van der Waals surface area contributed by atoms with E-state index >= 15 is 0 Å². The van der Waals surface area contributed by atoms with E-state index < -0.39 is 8.07 Å². The molecule has 0 radical (unpaired) electrons. The summed E-state index contributed by atoms with van der Waals surface area (Å²) >= 11 is 0. The second-order valence-corrected chi connectivity index (χ2v) is 17.9. The molecular weight excluding hydrogens is 705 g/mol. The van der Waals surface area contributed by atoms with Crippen molar-refractivity contribution in [2.45, 2.75) is 0 Å². The van der Waals surface area contributed by atoms with Gasteiger partial charge in [0.2, 0.25) is 0 Å². The average molecular weight is 739 g/mol. The molecule has 0 amide bonds. The molecule has 0 aliphatic carbocycles. The van der Waals surface area contributed by atoms with Crippen molar-refractivity contribution in [3.63, 3.8) is 0 Å². The summed E-state index contributed by atoms with van der Waals surface area (Å²) in [5.74, 6) is 4.04. The van der Waals surface area contributed by atoms with Gasteiger partial charge in [0, 0.05) is 34.6 Å². The highest BCUT2D eigenvalue weighted by molar-refractivity contribution is 7.21. The molecule has 6 nitrogen and oxygen atoms in total. The first-order valence-corrected chi connectivity index (χ1v) is 20.8. The fourth-order valence-corrected chi connectivity index (χ4v) is 13.9. The standard InChI is InChI=1S/C49H34N4O2Si/c1-52-42-27-11-9-25-40(42)51-48(52)33-16-14-18-35(30-33)54-36-19-15-17-34(31-36)53-41-26-10-8-24-39(41)46-47-44(32-50-49(46)53)55-43-28-12-13-29-45(43)56(47,37-20-4-2-5-21-37)38-22-6-3-7-23-38/h2-32H,1H3. The van der Waals surface area contributed by atoms with Crippen LogP contribution in [0.1, 0.15) is 0 Å². The van der Waals surface area contributed by atoms with E-state index in [1.807, 2.05) is 48.7 Å². The van der Waals surface area contributed by atoms with Crippen molar-refractivity contribution in [3.8, 4) is 40.1 Å². The second-order valence-electron chi connectivity index (χ2n) is 14.2. The van der Waals surface area contributed by atoms with Crippen LogP contribution in [0.3, 0.4) is 0 Å². The molecule has 1 aliphatic rings. The largest absolute Gasteiger partial charge is 0.457 e. The molecule has 11 rings (SSSR count). The van der Waals surface area contributed by atoms with Gasteiger partial charge in [0.25, 0.3) is 0 Å². The summed E-state index contributed by atoms with van der Waals surface area (Å²) in [6, 6.07) is 63.8.